The van der Waals surface area contributed by atoms with Crippen LogP contribution in [0.4, 0.5) is 5.69 Å². The Bertz CT molecular complexity index is 390. The lowest BCUT2D eigenvalue weighted by Gasteiger charge is -2.10. The highest BCUT2D eigenvalue weighted by atomic mass is 16.4. The van der Waals surface area contributed by atoms with E-state index in [-0.39, 0.29) is 5.69 Å². The highest BCUT2D eigenvalue weighted by molar-refractivity contribution is 5.95. The number of aliphatic hydroxyl groups is 1. The third-order valence-corrected chi connectivity index (χ3v) is 1.80. The van der Waals surface area contributed by atoms with Gasteiger partial charge in [-0.05, 0) is 12.1 Å². The van der Waals surface area contributed by atoms with Crippen molar-refractivity contribution in [3.05, 3.63) is 24.0 Å². The van der Waals surface area contributed by atoms with Gasteiger partial charge >= 0.3 is 5.97 Å². The predicted molar refractivity (Wildman–Crippen MR) is 54.6 cm³/mol. The third-order valence-electron chi connectivity index (χ3n) is 1.80. The second-order valence-electron chi connectivity index (χ2n) is 3.02. The van der Waals surface area contributed by atoms with Gasteiger partial charge in [0, 0.05) is 0 Å². The van der Waals surface area contributed by atoms with Crippen LogP contribution in [0, 0.1) is 0 Å². The van der Waals surface area contributed by atoms with Crippen LogP contribution in [0.25, 0.3) is 0 Å². The monoisotopic (exact) mass is 225 g/mol. The fourth-order valence-corrected chi connectivity index (χ4v) is 0.957. The molecule has 0 aliphatic heterocycles. The van der Waals surface area contributed by atoms with E-state index in [1.54, 1.807) is 0 Å². The summed E-state index contributed by atoms with van der Waals surface area (Å²) >= 11 is 0. The molecule has 86 valence electrons. The molecule has 1 rings (SSSR count). The van der Waals surface area contributed by atoms with Gasteiger partial charge in [0.2, 0.25) is 0 Å². The van der Waals surface area contributed by atoms with Gasteiger partial charge in [-0.25, -0.2) is 9.78 Å². The first-order chi connectivity index (χ1) is 7.54. The van der Waals surface area contributed by atoms with Crippen molar-refractivity contribution in [3.63, 3.8) is 0 Å². The molecule has 0 unspecified atom stereocenters. The summed E-state index contributed by atoms with van der Waals surface area (Å²) in [6, 6.07) is 1.49. The zero-order chi connectivity index (χ0) is 12.1. The van der Waals surface area contributed by atoms with Crippen molar-refractivity contribution in [1.29, 1.82) is 0 Å². The summed E-state index contributed by atoms with van der Waals surface area (Å²) in [5.41, 5.74) is 5.81. The molecule has 1 atom stereocenters. The van der Waals surface area contributed by atoms with Gasteiger partial charge in [0.1, 0.15) is 5.69 Å². The quantitative estimate of drug-likeness (QED) is 0.512. The van der Waals surface area contributed by atoms with Gasteiger partial charge in [-0.15, -0.1) is 0 Å². The maximum absolute atomic E-state index is 11.4. The molecule has 0 bridgehead atoms. The molecule has 0 saturated heterocycles. The molecule has 5 N–H and O–H groups in total. The van der Waals surface area contributed by atoms with E-state index in [1.165, 1.54) is 18.3 Å². The summed E-state index contributed by atoms with van der Waals surface area (Å²) in [6.07, 6.45) is 1.28. The van der Waals surface area contributed by atoms with Gasteiger partial charge < -0.3 is 21.3 Å². The summed E-state index contributed by atoms with van der Waals surface area (Å²) in [4.78, 5) is 25.7. The molecule has 0 aromatic carbocycles. The number of anilines is 1. The van der Waals surface area contributed by atoms with Crippen LogP contribution in [0.1, 0.15) is 10.5 Å². The lowest BCUT2D eigenvalue weighted by molar-refractivity contribution is -0.140. The maximum Gasteiger partial charge on any atom is 0.328 e. The molecule has 0 fully saturated rings. The summed E-state index contributed by atoms with van der Waals surface area (Å²) < 4.78 is 0. The Balaban J connectivity index is 2.71. The number of aliphatic carboxylic acids is 1. The highest BCUT2D eigenvalue weighted by Gasteiger charge is 2.19. The van der Waals surface area contributed by atoms with Crippen LogP contribution in [-0.2, 0) is 4.79 Å². The molecule has 0 saturated carbocycles. The van der Waals surface area contributed by atoms with Gasteiger partial charge in [-0.1, -0.05) is 0 Å². The molecule has 1 aromatic rings. The number of hydrogen-bond acceptors (Lipinski definition) is 5. The molecule has 0 radical (unpaired) electrons. The van der Waals surface area contributed by atoms with Crippen molar-refractivity contribution in [2.75, 3.05) is 12.3 Å². The number of carbonyl (C=O) groups is 2. The van der Waals surface area contributed by atoms with Crippen LogP contribution >= 0.6 is 0 Å². The van der Waals surface area contributed by atoms with Crippen LogP contribution in [0.3, 0.4) is 0 Å². The topological polar surface area (TPSA) is 126 Å². The molecule has 1 aromatic heterocycles. The van der Waals surface area contributed by atoms with Crippen LogP contribution in [0.15, 0.2) is 18.3 Å². The standard InChI is InChI=1S/C9H11N3O4/c10-5-1-2-6(11-3-5)8(14)12-7(4-13)9(15)16/h1-3,7,13H,4,10H2,(H,12,14)(H,15,16)/t7-/m1/s1. The predicted octanol–water partition coefficient (Wildman–Crippen LogP) is -1.16. The van der Waals surface area contributed by atoms with Crippen LogP contribution < -0.4 is 11.1 Å². The van der Waals surface area contributed by atoms with E-state index < -0.39 is 24.5 Å². The number of aromatic nitrogens is 1. The molecule has 0 aliphatic rings. The van der Waals surface area contributed by atoms with Gasteiger partial charge in [0.25, 0.3) is 5.91 Å². The third kappa shape index (κ3) is 2.92. The zero-order valence-electron chi connectivity index (χ0n) is 8.25. The lowest BCUT2D eigenvalue weighted by Crippen LogP contribution is -2.43. The SMILES string of the molecule is Nc1ccc(C(=O)N[C@H](CO)C(=O)O)nc1. The Labute approximate surface area is 90.9 Å². The van der Waals surface area contributed by atoms with Crippen molar-refractivity contribution < 1.29 is 19.8 Å². The van der Waals surface area contributed by atoms with Crippen molar-refractivity contribution in [3.8, 4) is 0 Å². The molecule has 16 heavy (non-hydrogen) atoms. The number of nitrogens with zero attached hydrogens (tertiary/aromatic N) is 1. The first-order valence-corrected chi connectivity index (χ1v) is 4.40. The van der Waals surface area contributed by atoms with Crippen LogP contribution in [0.5, 0.6) is 0 Å². The van der Waals surface area contributed by atoms with E-state index in [0.717, 1.165) is 0 Å². The van der Waals surface area contributed by atoms with Crippen molar-refractivity contribution >= 4 is 17.6 Å². The van der Waals surface area contributed by atoms with E-state index in [2.05, 4.69) is 10.3 Å². The smallest absolute Gasteiger partial charge is 0.328 e. The minimum atomic E-state index is -1.34. The number of hydrogen-bond donors (Lipinski definition) is 4. The Morgan fingerprint density at radius 3 is 2.62 bits per heavy atom. The first-order valence-electron chi connectivity index (χ1n) is 4.40. The van der Waals surface area contributed by atoms with Crippen molar-refractivity contribution in [2.24, 2.45) is 0 Å². The zero-order valence-corrected chi connectivity index (χ0v) is 8.25. The number of pyridine rings is 1. The maximum atomic E-state index is 11.4. The second kappa shape index (κ2) is 5.08. The van der Waals surface area contributed by atoms with E-state index >= 15 is 0 Å². The molecule has 0 aliphatic carbocycles. The Morgan fingerprint density at radius 2 is 2.19 bits per heavy atom. The highest BCUT2D eigenvalue weighted by Crippen LogP contribution is 2.01. The number of carbonyl (C=O) groups excluding carboxylic acids is 1. The van der Waals surface area contributed by atoms with E-state index in [4.69, 9.17) is 15.9 Å². The van der Waals surface area contributed by atoms with Gasteiger partial charge in [0.15, 0.2) is 6.04 Å². The van der Waals surface area contributed by atoms with Crippen LogP contribution in [0.2, 0.25) is 0 Å². The lowest BCUT2D eigenvalue weighted by atomic mass is 10.2. The van der Waals surface area contributed by atoms with E-state index in [1.807, 2.05) is 0 Å². The summed E-state index contributed by atoms with van der Waals surface area (Å²) in [5, 5.41) is 19.4. The number of carboxylic acids is 1. The molecule has 0 spiro atoms. The number of nitrogen functional groups attached to an aromatic ring is 1. The summed E-state index contributed by atoms with van der Waals surface area (Å²) in [5.74, 6) is -1.99. The Kier molecular flexibility index (Phi) is 3.78. The average Bonchev–Trinajstić information content (AvgIpc) is 2.26. The minimum absolute atomic E-state index is 0.0360. The van der Waals surface area contributed by atoms with Gasteiger partial charge in [0.05, 0.1) is 18.5 Å². The van der Waals surface area contributed by atoms with Gasteiger partial charge in [-0.3, -0.25) is 4.79 Å². The van der Waals surface area contributed by atoms with E-state index in [0.29, 0.717) is 5.69 Å². The number of nitrogens with one attached hydrogen (secondary N) is 1. The fraction of sp³-hybridized carbons (Fsp3) is 0.222. The number of aliphatic hydroxyl groups excluding tert-OH is 1. The van der Waals surface area contributed by atoms with Crippen molar-refractivity contribution in [1.82, 2.24) is 10.3 Å². The molecule has 7 heteroatoms. The summed E-state index contributed by atoms with van der Waals surface area (Å²) in [6.45, 7) is -0.684. The second-order valence-corrected chi connectivity index (χ2v) is 3.02. The van der Waals surface area contributed by atoms with Crippen LogP contribution in [-0.4, -0.2) is 39.7 Å². The fourth-order valence-electron chi connectivity index (χ4n) is 0.957. The van der Waals surface area contributed by atoms with E-state index in [9.17, 15) is 9.59 Å². The normalized spacial score (nSPS) is 11.8. The largest absolute Gasteiger partial charge is 0.480 e. The Hall–Kier alpha value is -2.15. The summed E-state index contributed by atoms with van der Waals surface area (Å²) in [7, 11) is 0. The minimum Gasteiger partial charge on any atom is -0.480 e. The molecular formula is C9H11N3O4. The molecule has 1 amide bonds. The number of amides is 1. The van der Waals surface area contributed by atoms with Crippen molar-refractivity contribution in [2.45, 2.75) is 6.04 Å². The number of carboxylic acid groups (broad SMARTS) is 1. The first kappa shape index (κ1) is 11.9. The van der Waals surface area contributed by atoms with Gasteiger partial charge in [-0.2, -0.15) is 0 Å². The molecule has 7 nitrogen and oxygen atoms in total. The molecule has 1 heterocycles. The molecular weight excluding hydrogens is 214 g/mol. The Morgan fingerprint density at radius 1 is 1.50 bits per heavy atom. The number of nitrogens with two attached hydrogens (primary N) is 1. The average molecular weight is 225 g/mol. The number of rotatable bonds is 4.